The summed E-state index contributed by atoms with van der Waals surface area (Å²) in [5.74, 6) is 4.53. The van der Waals surface area contributed by atoms with E-state index in [0.717, 1.165) is 24.5 Å². The maximum atomic E-state index is 11.6. The summed E-state index contributed by atoms with van der Waals surface area (Å²) in [6.45, 7) is 0.767. The minimum Gasteiger partial charge on any atom is -0.354 e. The number of hydrogen-bond acceptors (Lipinski definition) is 5. The van der Waals surface area contributed by atoms with Crippen LogP contribution in [0.25, 0.3) is 0 Å². The molecule has 0 aromatic heterocycles. The lowest BCUT2D eigenvalue weighted by Gasteiger charge is -2.22. The van der Waals surface area contributed by atoms with Crippen LogP contribution < -0.4 is 11.1 Å². The molecule has 0 saturated carbocycles. The van der Waals surface area contributed by atoms with E-state index in [1.54, 1.807) is 11.8 Å². The van der Waals surface area contributed by atoms with Gasteiger partial charge in [0.2, 0.25) is 5.91 Å². The quantitative estimate of drug-likeness (QED) is 0.761. The second kappa shape index (κ2) is 8.55. The molecule has 2 atom stereocenters. The number of nitrogens with two attached hydrogens (primary N) is 1. The van der Waals surface area contributed by atoms with E-state index in [9.17, 15) is 4.79 Å². The molecule has 1 fully saturated rings. The van der Waals surface area contributed by atoms with Crippen molar-refractivity contribution in [1.82, 2.24) is 5.32 Å². The highest BCUT2D eigenvalue weighted by molar-refractivity contribution is 8.06. The van der Waals surface area contributed by atoms with Gasteiger partial charge in [-0.25, -0.2) is 0 Å². The van der Waals surface area contributed by atoms with Crippen LogP contribution in [-0.4, -0.2) is 53.0 Å². The maximum absolute atomic E-state index is 11.6. The fourth-order valence-electron chi connectivity index (χ4n) is 1.38. The van der Waals surface area contributed by atoms with Crippen LogP contribution in [0.4, 0.5) is 0 Å². The fourth-order valence-corrected chi connectivity index (χ4v) is 4.48. The molecule has 1 heterocycles. The van der Waals surface area contributed by atoms with E-state index in [0.29, 0.717) is 5.25 Å². The van der Waals surface area contributed by atoms with Crippen LogP contribution in [0.5, 0.6) is 0 Å². The standard InChI is InChI=1S/C10H20N2OS3/c1-14-3-2-9(11)10(13)12-6-8-7-15-4-5-16-8/h8-9H,2-7,11H2,1H3,(H,12,13)/t8?,9-/m1/s1. The number of thioether (sulfide) groups is 3. The van der Waals surface area contributed by atoms with Crippen molar-refractivity contribution in [1.29, 1.82) is 0 Å². The molecule has 94 valence electrons. The molecule has 0 aromatic rings. The van der Waals surface area contributed by atoms with Gasteiger partial charge in [-0.2, -0.15) is 35.3 Å². The molecule has 0 aliphatic carbocycles. The van der Waals surface area contributed by atoms with Crippen molar-refractivity contribution in [3.63, 3.8) is 0 Å². The Labute approximate surface area is 110 Å². The van der Waals surface area contributed by atoms with Crippen molar-refractivity contribution in [2.24, 2.45) is 5.73 Å². The van der Waals surface area contributed by atoms with Crippen molar-refractivity contribution in [3.8, 4) is 0 Å². The monoisotopic (exact) mass is 280 g/mol. The van der Waals surface area contributed by atoms with E-state index < -0.39 is 0 Å². The van der Waals surface area contributed by atoms with Gasteiger partial charge < -0.3 is 11.1 Å². The Morgan fingerprint density at radius 2 is 2.44 bits per heavy atom. The molecule has 0 aromatic carbocycles. The molecule has 3 N–H and O–H groups in total. The molecule has 6 heteroatoms. The molecular weight excluding hydrogens is 260 g/mol. The van der Waals surface area contributed by atoms with Crippen LogP contribution in [0.15, 0.2) is 0 Å². The highest BCUT2D eigenvalue weighted by Gasteiger charge is 2.17. The largest absolute Gasteiger partial charge is 0.354 e. The molecule has 0 bridgehead atoms. The summed E-state index contributed by atoms with van der Waals surface area (Å²) < 4.78 is 0. The second-order valence-electron chi connectivity index (χ2n) is 3.70. The number of hydrogen-bond donors (Lipinski definition) is 2. The lowest BCUT2D eigenvalue weighted by atomic mass is 10.2. The van der Waals surface area contributed by atoms with E-state index in [1.165, 1.54) is 11.5 Å². The van der Waals surface area contributed by atoms with Crippen molar-refractivity contribution >= 4 is 41.2 Å². The molecule has 1 aliphatic heterocycles. The van der Waals surface area contributed by atoms with Gasteiger partial charge in [-0.05, 0) is 18.4 Å². The van der Waals surface area contributed by atoms with Gasteiger partial charge in [-0.1, -0.05) is 0 Å². The average Bonchev–Trinajstić information content (AvgIpc) is 2.34. The lowest BCUT2D eigenvalue weighted by Crippen LogP contribution is -2.44. The highest BCUT2D eigenvalue weighted by atomic mass is 32.2. The van der Waals surface area contributed by atoms with Crippen molar-refractivity contribution in [3.05, 3.63) is 0 Å². The van der Waals surface area contributed by atoms with E-state index in [4.69, 9.17) is 5.73 Å². The second-order valence-corrected chi connectivity index (χ2v) is 7.24. The third-order valence-corrected chi connectivity index (χ3v) is 5.85. The molecule has 16 heavy (non-hydrogen) atoms. The topological polar surface area (TPSA) is 55.1 Å². The molecule has 1 amide bonds. The highest BCUT2D eigenvalue weighted by Crippen LogP contribution is 2.23. The molecule has 1 unspecified atom stereocenters. The Balaban J connectivity index is 2.12. The Morgan fingerprint density at radius 1 is 1.62 bits per heavy atom. The summed E-state index contributed by atoms with van der Waals surface area (Å²) in [4.78, 5) is 11.6. The molecule has 3 nitrogen and oxygen atoms in total. The lowest BCUT2D eigenvalue weighted by molar-refractivity contribution is -0.122. The average molecular weight is 280 g/mol. The van der Waals surface area contributed by atoms with Crippen molar-refractivity contribution < 1.29 is 4.79 Å². The SMILES string of the molecule is CSCC[C@@H](N)C(=O)NCC1CSCCS1. The van der Waals surface area contributed by atoms with E-state index >= 15 is 0 Å². The number of carbonyl (C=O) groups is 1. The third kappa shape index (κ3) is 5.70. The predicted octanol–water partition coefficient (Wildman–Crippen LogP) is 1.03. The van der Waals surface area contributed by atoms with Gasteiger partial charge in [0.05, 0.1) is 6.04 Å². The summed E-state index contributed by atoms with van der Waals surface area (Å²) in [6.07, 6.45) is 2.79. The summed E-state index contributed by atoms with van der Waals surface area (Å²) >= 11 is 5.65. The summed E-state index contributed by atoms with van der Waals surface area (Å²) in [7, 11) is 0. The number of carbonyl (C=O) groups excluding carboxylic acids is 1. The fraction of sp³-hybridized carbons (Fsp3) is 0.900. The molecule has 1 aliphatic rings. The minimum atomic E-state index is -0.339. The van der Waals surface area contributed by atoms with E-state index in [-0.39, 0.29) is 11.9 Å². The summed E-state index contributed by atoms with van der Waals surface area (Å²) in [5.41, 5.74) is 5.78. The van der Waals surface area contributed by atoms with Gasteiger partial charge in [0.15, 0.2) is 0 Å². The normalized spacial score (nSPS) is 22.8. The first kappa shape index (κ1) is 14.5. The molecular formula is C10H20N2OS3. The molecule has 0 spiro atoms. The van der Waals surface area contributed by atoms with E-state index in [1.807, 2.05) is 29.8 Å². The maximum Gasteiger partial charge on any atom is 0.236 e. The van der Waals surface area contributed by atoms with Crippen LogP contribution >= 0.6 is 35.3 Å². The molecule has 1 saturated heterocycles. The van der Waals surface area contributed by atoms with Gasteiger partial charge >= 0.3 is 0 Å². The number of amides is 1. The smallest absolute Gasteiger partial charge is 0.236 e. The minimum absolute atomic E-state index is 0.00484. The summed E-state index contributed by atoms with van der Waals surface area (Å²) in [6, 6.07) is -0.339. The number of rotatable bonds is 6. The number of nitrogens with one attached hydrogen (secondary N) is 1. The van der Waals surface area contributed by atoms with Gasteiger partial charge in [0.25, 0.3) is 0 Å². The van der Waals surface area contributed by atoms with Gasteiger partial charge in [-0.3, -0.25) is 4.79 Å². The first-order valence-electron chi connectivity index (χ1n) is 5.45. The Morgan fingerprint density at radius 3 is 3.06 bits per heavy atom. The predicted molar refractivity (Wildman–Crippen MR) is 77.6 cm³/mol. The molecule has 1 rings (SSSR count). The Bertz CT molecular complexity index is 210. The van der Waals surface area contributed by atoms with Gasteiger partial charge in [0, 0.05) is 29.1 Å². The first-order chi connectivity index (χ1) is 7.74. The van der Waals surface area contributed by atoms with Gasteiger partial charge in [-0.15, -0.1) is 0 Å². The van der Waals surface area contributed by atoms with Crippen LogP contribution in [0.2, 0.25) is 0 Å². The Kier molecular flexibility index (Phi) is 7.77. The zero-order valence-corrected chi connectivity index (χ0v) is 12.1. The van der Waals surface area contributed by atoms with Crippen LogP contribution in [0.3, 0.4) is 0 Å². The van der Waals surface area contributed by atoms with E-state index in [2.05, 4.69) is 5.32 Å². The Hall–Kier alpha value is 0.480. The van der Waals surface area contributed by atoms with Gasteiger partial charge in [0.1, 0.15) is 0 Å². The third-order valence-electron chi connectivity index (χ3n) is 2.36. The first-order valence-corrected chi connectivity index (χ1v) is 9.05. The molecule has 0 radical (unpaired) electrons. The summed E-state index contributed by atoms with van der Waals surface area (Å²) in [5, 5.41) is 3.52. The van der Waals surface area contributed by atoms with Crippen LogP contribution in [0, 0.1) is 0 Å². The van der Waals surface area contributed by atoms with Crippen LogP contribution in [0.1, 0.15) is 6.42 Å². The zero-order valence-electron chi connectivity index (χ0n) is 9.61. The van der Waals surface area contributed by atoms with Crippen LogP contribution in [-0.2, 0) is 4.79 Å². The van der Waals surface area contributed by atoms with Crippen molar-refractivity contribution in [2.75, 3.05) is 35.8 Å². The van der Waals surface area contributed by atoms with Crippen molar-refractivity contribution in [2.45, 2.75) is 17.7 Å². The zero-order chi connectivity index (χ0) is 11.8.